The van der Waals surface area contributed by atoms with Crippen molar-refractivity contribution in [3.8, 4) is 0 Å². The predicted molar refractivity (Wildman–Crippen MR) is 77.1 cm³/mol. The first-order chi connectivity index (χ1) is 10.8. The van der Waals surface area contributed by atoms with Crippen LogP contribution in [0.25, 0.3) is 5.70 Å². The van der Waals surface area contributed by atoms with Crippen LogP contribution in [0.3, 0.4) is 0 Å². The maximum Gasteiger partial charge on any atom is 0.411 e. The van der Waals surface area contributed by atoms with Gasteiger partial charge in [-0.25, -0.2) is 8.78 Å². The van der Waals surface area contributed by atoms with E-state index in [-0.39, 0.29) is 30.1 Å². The van der Waals surface area contributed by atoms with Crippen LogP contribution in [0.5, 0.6) is 0 Å². The number of alkyl halides is 3. The monoisotopic (exact) mass is 336 g/mol. The summed E-state index contributed by atoms with van der Waals surface area (Å²) in [5.74, 6) is -1.92. The van der Waals surface area contributed by atoms with E-state index < -0.39 is 30.5 Å². The van der Waals surface area contributed by atoms with E-state index in [2.05, 4.69) is 11.9 Å². The Balaban J connectivity index is 2.38. The first kappa shape index (κ1) is 17.5. The molecule has 1 aliphatic heterocycles. The topological polar surface area (TPSA) is 24.5 Å². The predicted octanol–water partition coefficient (Wildman–Crippen LogP) is 3.31. The summed E-state index contributed by atoms with van der Waals surface area (Å²) in [4.78, 5) is 0.912. The minimum Gasteiger partial charge on any atom is -0.385 e. The molecule has 1 aromatic rings. The zero-order valence-corrected chi connectivity index (χ0v) is 12.5. The van der Waals surface area contributed by atoms with Crippen LogP contribution in [0.2, 0.25) is 0 Å². The lowest BCUT2D eigenvalue weighted by Crippen LogP contribution is -2.53. The Labute approximate surface area is 130 Å². The summed E-state index contributed by atoms with van der Waals surface area (Å²) in [6.07, 6.45) is -4.56. The molecular formula is C15H17F5N2O. The summed E-state index contributed by atoms with van der Waals surface area (Å²) in [7, 11) is 0. The molecule has 1 fully saturated rings. The summed E-state index contributed by atoms with van der Waals surface area (Å²) in [6, 6.07) is -0.145. The molecule has 8 heteroatoms. The van der Waals surface area contributed by atoms with Crippen LogP contribution in [-0.4, -0.2) is 38.5 Å². The fraction of sp³-hybridized carbons (Fsp3) is 0.467. The number of halogens is 5. The summed E-state index contributed by atoms with van der Waals surface area (Å²) in [5.41, 5.74) is -0.491. The van der Waals surface area contributed by atoms with Crippen LogP contribution in [0.15, 0.2) is 18.7 Å². The lowest BCUT2D eigenvalue weighted by molar-refractivity contribution is -0.167. The molecule has 128 valence electrons. The lowest BCUT2D eigenvalue weighted by Gasteiger charge is -2.38. The number of hydrogen-bond acceptors (Lipinski definition) is 3. The van der Waals surface area contributed by atoms with Gasteiger partial charge in [-0.15, -0.1) is 0 Å². The van der Waals surface area contributed by atoms with Gasteiger partial charge in [0, 0.05) is 24.5 Å². The van der Waals surface area contributed by atoms with Gasteiger partial charge < -0.3 is 15.0 Å². The Morgan fingerprint density at radius 2 is 1.96 bits per heavy atom. The molecule has 2 rings (SSSR count). The Morgan fingerprint density at radius 3 is 2.48 bits per heavy atom. The van der Waals surface area contributed by atoms with Crippen LogP contribution in [0.1, 0.15) is 12.5 Å². The van der Waals surface area contributed by atoms with Crippen LogP contribution < -0.4 is 10.2 Å². The normalized spacial score (nSPS) is 18.9. The van der Waals surface area contributed by atoms with Crippen molar-refractivity contribution < 1.29 is 26.7 Å². The van der Waals surface area contributed by atoms with E-state index in [1.54, 1.807) is 6.92 Å². The van der Waals surface area contributed by atoms with Crippen LogP contribution in [0, 0.1) is 11.6 Å². The van der Waals surface area contributed by atoms with Gasteiger partial charge in [-0.05, 0) is 19.1 Å². The maximum absolute atomic E-state index is 14.2. The molecule has 0 aliphatic carbocycles. The number of nitrogens with one attached hydrogen (secondary N) is 1. The first-order valence-corrected chi connectivity index (χ1v) is 7.09. The quantitative estimate of drug-likeness (QED) is 0.854. The molecule has 0 aromatic heterocycles. The fourth-order valence-corrected chi connectivity index (χ4v) is 2.50. The second kappa shape index (κ2) is 6.74. The third-order valence-corrected chi connectivity index (χ3v) is 3.56. The first-order valence-electron chi connectivity index (χ1n) is 7.09. The zero-order chi connectivity index (χ0) is 17.2. The van der Waals surface area contributed by atoms with Gasteiger partial charge in [0.05, 0.1) is 18.8 Å². The van der Waals surface area contributed by atoms with E-state index in [4.69, 9.17) is 4.74 Å². The molecule has 3 nitrogen and oxygen atoms in total. The van der Waals surface area contributed by atoms with E-state index in [1.165, 1.54) is 0 Å². The highest BCUT2D eigenvalue weighted by atomic mass is 19.4. The Hall–Kier alpha value is -1.83. The summed E-state index contributed by atoms with van der Waals surface area (Å²) in [5, 5.41) is 2.69. The van der Waals surface area contributed by atoms with Gasteiger partial charge in [-0.2, -0.15) is 13.2 Å². The lowest BCUT2D eigenvalue weighted by atomic mass is 10.1. The maximum atomic E-state index is 14.2. The average molecular weight is 336 g/mol. The highest BCUT2D eigenvalue weighted by Crippen LogP contribution is 2.33. The Bertz CT molecular complexity index is 565. The largest absolute Gasteiger partial charge is 0.411 e. The van der Waals surface area contributed by atoms with Crippen LogP contribution in [0.4, 0.5) is 27.6 Å². The van der Waals surface area contributed by atoms with Crippen molar-refractivity contribution in [1.82, 2.24) is 5.32 Å². The SMILES string of the molecule is C=C(NCC)c1c(F)cc(N2CCOCC2C(F)(F)F)cc1F. The number of morpholine rings is 1. The molecule has 1 N–H and O–H groups in total. The average Bonchev–Trinajstić information content (AvgIpc) is 2.46. The number of benzene rings is 1. The van der Waals surface area contributed by atoms with Crippen molar-refractivity contribution >= 4 is 11.4 Å². The molecule has 0 saturated carbocycles. The second-order valence-electron chi connectivity index (χ2n) is 5.12. The molecule has 1 aromatic carbocycles. The van der Waals surface area contributed by atoms with Crippen molar-refractivity contribution in [2.45, 2.75) is 19.1 Å². The number of nitrogens with zero attached hydrogens (tertiary/aromatic N) is 1. The summed E-state index contributed by atoms with van der Waals surface area (Å²) >= 11 is 0. The van der Waals surface area contributed by atoms with Crippen molar-refractivity contribution in [2.24, 2.45) is 0 Å². The van der Waals surface area contributed by atoms with E-state index in [9.17, 15) is 22.0 Å². The van der Waals surface area contributed by atoms with E-state index in [1.807, 2.05) is 0 Å². The zero-order valence-electron chi connectivity index (χ0n) is 12.5. The number of hydrogen-bond donors (Lipinski definition) is 1. The van der Waals surface area contributed by atoms with Gasteiger partial charge in [0.15, 0.2) is 0 Å². The molecular weight excluding hydrogens is 319 g/mol. The van der Waals surface area contributed by atoms with Gasteiger partial charge in [-0.1, -0.05) is 6.58 Å². The fourth-order valence-electron chi connectivity index (χ4n) is 2.50. The molecule has 1 saturated heterocycles. The van der Waals surface area contributed by atoms with E-state index >= 15 is 0 Å². The van der Waals surface area contributed by atoms with Gasteiger partial charge in [-0.3, -0.25) is 0 Å². The molecule has 1 aliphatic rings. The number of ether oxygens (including phenoxy) is 1. The van der Waals surface area contributed by atoms with Crippen LogP contribution >= 0.6 is 0 Å². The molecule has 1 atom stereocenters. The molecule has 0 amide bonds. The van der Waals surface area contributed by atoms with Gasteiger partial charge in [0.25, 0.3) is 0 Å². The minimum atomic E-state index is -4.56. The molecule has 0 spiro atoms. The molecule has 1 unspecified atom stereocenters. The molecule has 0 radical (unpaired) electrons. The van der Waals surface area contributed by atoms with Gasteiger partial charge in [0.2, 0.25) is 0 Å². The van der Waals surface area contributed by atoms with E-state index in [0.717, 1.165) is 17.0 Å². The molecule has 0 bridgehead atoms. The molecule has 1 heterocycles. The Morgan fingerprint density at radius 1 is 1.35 bits per heavy atom. The van der Waals surface area contributed by atoms with Gasteiger partial charge >= 0.3 is 6.18 Å². The number of anilines is 1. The van der Waals surface area contributed by atoms with Crippen LogP contribution in [-0.2, 0) is 4.74 Å². The summed E-state index contributed by atoms with van der Waals surface area (Å²) < 4.78 is 72.4. The van der Waals surface area contributed by atoms with Crippen molar-refractivity contribution in [2.75, 3.05) is 31.2 Å². The third-order valence-electron chi connectivity index (χ3n) is 3.56. The number of rotatable bonds is 4. The van der Waals surface area contributed by atoms with Crippen molar-refractivity contribution in [3.63, 3.8) is 0 Å². The van der Waals surface area contributed by atoms with Crippen molar-refractivity contribution in [3.05, 3.63) is 35.9 Å². The summed E-state index contributed by atoms with van der Waals surface area (Å²) in [6.45, 7) is 5.06. The smallest absolute Gasteiger partial charge is 0.385 e. The van der Waals surface area contributed by atoms with Gasteiger partial charge in [0.1, 0.15) is 17.7 Å². The standard InChI is InChI=1S/C15H17F5N2O/c1-3-21-9(2)14-11(16)6-10(7-12(14)17)22-4-5-23-8-13(22)15(18,19)20/h6-7,13,21H,2-5,8H2,1H3. The third kappa shape index (κ3) is 3.74. The van der Waals surface area contributed by atoms with Crippen molar-refractivity contribution in [1.29, 1.82) is 0 Å². The van der Waals surface area contributed by atoms with E-state index in [0.29, 0.717) is 6.54 Å². The second-order valence-corrected chi connectivity index (χ2v) is 5.12. The highest BCUT2D eigenvalue weighted by Gasteiger charge is 2.45. The minimum absolute atomic E-state index is 0.0448. The molecule has 23 heavy (non-hydrogen) atoms. The Kier molecular flexibility index (Phi) is 5.13. The highest BCUT2D eigenvalue weighted by molar-refractivity contribution is 5.66.